The number of hydrogen-bond acceptors (Lipinski definition) is 8. The predicted octanol–water partition coefficient (Wildman–Crippen LogP) is 4.43. The third-order valence-electron chi connectivity index (χ3n) is 6.53. The van der Waals surface area contributed by atoms with E-state index in [0.29, 0.717) is 17.6 Å². The Hall–Kier alpha value is -3.72. The van der Waals surface area contributed by atoms with Gasteiger partial charge in [-0.3, -0.25) is 4.98 Å². The number of fused-ring (bicyclic) bond motifs is 1. The molecule has 1 saturated heterocycles. The highest BCUT2D eigenvalue weighted by molar-refractivity contribution is 5.94. The molecule has 9 heteroatoms. The Morgan fingerprint density at radius 1 is 1.11 bits per heavy atom. The van der Waals surface area contributed by atoms with E-state index in [9.17, 15) is 4.39 Å². The normalized spacial score (nSPS) is 17.5. The van der Waals surface area contributed by atoms with Crippen molar-refractivity contribution in [2.24, 2.45) is 0 Å². The maximum absolute atomic E-state index is 14.1. The minimum Gasteiger partial charge on any atom is -0.353 e. The van der Waals surface area contributed by atoms with E-state index in [1.807, 2.05) is 24.5 Å². The number of hydrogen-bond donors (Lipinski definition) is 2. The maximum Gasteiger partial charge on any atom is 0.167 e. The number of rotatable bonds is 5. The zero-order valence-corrected chi connectivity index (χ0v) is 19.8. The van der Waals surface area contributed by atoms with E-state index >= 15 is 0 Å². The Morgan fingerprint density at radius 3 is 2.80 bits per heavy atom. The zero-order valence-electron chi connectivity index (χ0n) is 19.8. The second kappa shape index (κ2) is 8.49. The van der Waals surface area contributed by atoms with Crippen LogP contribution in [0.1, 0.15) is 38.2 Å². The molecule has 0 aromatic carbocycles. The molecule has 1 aliphatic heterocycles. The van der Waals surface area contributed by atoms with E-state index in [4.69, 9.17) is 9.97 Å². The summed E-state index contributed by atoms with van der Waals surface area (Å²) in [6.07, 6.45) is 9.37. The zero-order chi connectivity index (χ0) is 24.0. The van der Waals surface area contributed by atoms with Crippen molar-refractivity contribution in [2.75, 3.05) is 29.9 Å². The SMILES string of the molecule is CC1(C)CN(c2nc(-c3ccnc(Nc4ncccc4F)c3)nc3cncc(C4CC4)c23)CCN1. The van der Waals surface area contributed by atoms with Crippen LogP contribution in [0.3, 0.4) is 0 Å². The van der Waals surface area contributed by atoms with Gasteiger partial charge in [0.2, 0.25) is 0 Å². The van der Waals surface area contributed by atoms with Crippen LogP contribution in [0.15, 0.2) is 49.1 Å². The molecule has 6 rings (SSSR count). The van der Waals surface area contributed by atoms with Crippen LogP contribution in [-0.2, 0) is 0 Å². The molecule has 1 saturated carbocycles. The molecule has 178 valence electrons. The van der Waals surface area contributed by atoms with Crippen molar-refractivity contribution in [3.63, 3.8) is 0 Å². The number of nitrogens with zero attached hydrogens (tertiary/aromatic N) is 6. The van der Waals surface area contributed by atoms with Gasteiger partial charge in [-0.15, -0.1) is 0 Å². The Labute approximate surface area is 203 Å². The number of piperazine rings is 1. The summed E-state index contributed by atoms with van der Waals surface area (Å²) >= 11 is 0. The van der Waals surface area contributed by atoms with Gasteiger partial charge in [-0.1, -0.05) is 0 Å². The summed E-state index contributed by atoms with van der Waals surface area (Å²) in [7, 11) is 0. The Balaban J connectivity index is 1.45. The molecule has 5 heterocycles. The predicted molar refractivity (Wildman–Crippen MR) is 134 cm³/mol. The summed E-state index contributed by atoms with van der Waals surface area (Å²) in [5.41, 5.74) is 2.84. The Kier molecular flexibility index (Phi) is 5.29. The fourth-order valence-electron chi connectivity index (χ4n) is 4.71. The highest BCUT2D eigenvalue weighted by atomic mass is 19.1. The quantitative estimate of drug-likeness (QED) is 0.443. The van der Waals surface area contributed by atoms with Gasteiger partial charge in [0.1, 0.15) is 11.6 Å². The molecular formula is C26H27FN8. The van der Waals surface area contributed by atoms with Crippen molar-refractivity contribution in [1.82, 2.24) is 30.2 Å². The van der Waals surface area contributed by atoms with Gasteiger partial charge in [-0.2, -0.15) is 0 Å². The van der Waals surface area contributed by atoms with Crippen molar-refractivity contribution in [1.29, 1.82) is 0 Å². The van der Waals surface area contributed by atoms with Gasteiger partial charge < -0.3 is 15.5 Å². The monoisotopic (exact) mass is 470 g/mol. The fourth-order valence-corrected chi connectivity index (χ4v) is 4.71. The number of nitrogens with one attached hydrogen (secondary N) is 2. The fraction of sp³-hybridized carbons (Fsp3) is 0.346. The number of anilines is 3. The second-order valence-corrected chi connectivity index (χ2v) is 9.89. The molecule has 0 spiro atoms. The first-order valence-electron chi connectivity index (χ1n) is 12.0. The third-order valence-corrected chi connectivity index (χ3v) is 6.53. The smallest absolute Gasteiger partial charge is 0.167 e. The lowest BCUT2D eigenvalue weighted by Gasteiger charge is -2.40. The van der Waals surface area contributed by atoms with Crippen LogP contribution in [0.2, 0.25) is 0 Å². The van der Waals surface area contributed by atoms with Crippen molar-refractivity contribution in [3.8, 4) is 11.4 Å². The standard InChI is InChI=1S/C26H27FN8/c1-26(2)15-35(11-10-31-26)25-22-18(16-5-6-16)13-28-14-20(22)32-23(34-25)17-7-9-29-21(12-17)33-24-19(27)4-3-8-30-24/h3-4,7-9,12-14,16,31H,5-6,10-11,15H2,1-2H3,(H,29,30,33). The lowest BCUT2D eigenvalue weighted by atomic mass is 10.0. The first-order chi connectivity index (χ1) is 17.0. The minimum atomic E-state index is -0.441. The van der Waals surface area contributed by atoms with Crippen molar-refractivity contribution in [2.45, 2.75) is 38.1 Å². The molecule has 0 amide bonds. The molecular weight excluding hydrogens is 443 g/mol. The van der Waals surface area contributed by atoms with Crippen LogP contribution >= 0.6 is 0 Å². The van der Waals surface area contributed by atoms with Crippen molar-refractivity contribution < 1.29 is 4.39 Å². The highest BCUT2D eigenvalue weighted by Gasteiger charge is 2.32. The van der Waals surface area contributed by atoms with Gasteiger partial charge in [-0.05, 0) is 62.4 Å². The minimum absolute atomic E-state index is 0.0248. The average molecular weight is 471 g/mol. The van der Waals surface area contributed by atoms with Gasteiger partial charge in [-0.25, -0.2) is 24.3 Å². The number of pyridine rings is 3. The van der Waals surface area contributed by atoms with Crippen LogP contribution in [0.5, 0.6) is 0 Å². The molecule has 2 N–H and O–H groups in total. The second-order valence-electron chi connectivity index (χ2n) is 9.89. The van der Waals surface area contributed by atoms with Crippen molar-refractivity contribution in [3.05, 3.63) is 60.4 Å². The van der Waals surface area contributed by atoms with Gasteiger partial charge in [0, 0.05) is 54.7 Å². The lowest BCUT2D eigenvalue weighted by molar-refractivity contribution is 0.352. The molecule has 0 atom stereocenters. The summed E-state index contributed by atoms with van der Waals surface area (Å²) in [6, 6.07) is 6.59. The van der Waals surface area contributed by atoms with E-state index in [2.05, 4.69) is 44.3 Å². The highest BCUT2D eigenvalue weighted by Crippen LogP contribution is 2.45. The maximum atomic E-state index is 14.1. The molecule has 1 aliphatic carbocycles. The molecule has 8 nitrogen and oxygen atoms in total. The van der Waals surface area contributed by atoms with Gasteiger partial charge in [0.05, 0.1) is 11.7 Å². The lowest BCUT2D eigenvalue weighted by Crippen LogP contribution is -2.57. The van der Waals surface area contributed by atoms with Gasteiger partial charge in [0.15, 0.2) is 17.5 Å². The average Bonchev–Trinajstić information content (AvgIpc) is 3.69. The van der Waals surface area contributed by atoms with Crippen LogP contribution in [0, 0.1) is 5.82 Å². The molecule has 2 fully saturated rings. The van der Waals surface area contributed by atoms with Gasteiger partial charge in [0.25, 0.3) is 0 Å². The topological polar surface area (TPSA) is 91.8 Å². The van der Waals surface area contributed by atoms with Crippen LogP contribution in [-0.4, -0.2) is 50.1 Å². The van der Waals surface area contributed by atoms with E-state index in [1.165, 1.54) is 30.7 Å². The first-order valence-corrected chi connectivity index (χ1v) is 12.0. The number of halogens is 1. The molecule has 35 heavy (non-hydrogen) atoms. The molecule has 4 aromatic heterocycles. The van der Waals surface area contributed by atoms with E-state index < -0.39 is 5.82 Å². The van der Waals surface area contributed by atoms with E-state index in [0.717, 1.165) is 41.9 Å². The van der Waals surface area contributed by atoms with Crippen LogP contribution < -0.4 is 15.5 Å². The third kappa shape index (κ3) is 4.39. The first kappa shape index (κ1) is 21.8. The Bertz CT molecular complexity index is 1400. The molecule has 0 unspecified atom stereocenters. The van der Waals surface area contributed by atoms with E-state index in [1.54, 1.807) is 12.3 Å². The Morgan fingerprint density at radius 2 is 2.00 bits per heavy atom. The van der Waals surface area contributed by atoms with Crippen LogP contribution in [0.4, 0.5) is 21.8 Å². The molecule has 0 radical (unpaired) electrons. The molecule has 0 bridgehead atoms. The summed E-state index contributed by atoms with van der Waals surface area (Å²) in [5, 5.41) is 7.65. The summed E-state index contributed by atoms with van der Waals surface area (Å²) in [6.45, 7) is 7.02. The molecule has 2 aliphatic rings. The van der Waals surface area contributed by atoms with Crippen LogP contribution in [0.25, 0.3) is 22.3 Å². The molecule has 4 aromatic rings. The van der Waals surface area contributed by atoms with Crippen molar-refractivity contribution >= 4 is 28.4 Å². The summed E-state index contributed by atoms with van der Waals surface area (Å²) < 4.78 is 14.1. The largest absolute Gasteiger partial charge is 0.353 e. The number of aromatic nitrogens is 5. The van der Waals surface area contributed by atoms with E-state index in [-0.39, 0.29) is 11.4 Å². The van der Waals surface area contributed by atoms with Gasteiger partial charge >= 0.3 is 0 Å². The summed E-state index contributed by atoms with van der Waals surface area (Å²) in [4.78, 5) is 25.3. The summed E-state index contributed by atoms with van der Waals surface area (Å²) in [5.74, 6) is 2.22.